The molecule has 1 aliphatic rings. The zero-order valence-corrected chi connectivity index (χ0v) is 22.8. The Balaban J connectivity index is 1.25. The number of hydrogen-bond acceptors (Lipinski definition) is 5. The van der Waals surface area contributed by atoms with Crippen LogP contribution >= 0.6 is 0 Å². The van der Waals surface area contributed by atoms with E-state index in [1.165, 1.54) is 0 Å². The van der Waals surface area contributed by atoms with Crippen LogP contribution in [0.25, 0.3) is 0 Å². The molecule has 1 amide bonds. The Morgan fingerprint density at radius 1 is 1.07 bits per heavy atom. The molecule has 1 aliphatic heterocycles. The highest BCUT2D eigenvalue weighted by Gasteiger charge is 2.36. The van der Waals surface area contributed by atoms with Gasteiger partial charge in [-0.05, 0) is 55.1 Å². The minimum absolute atomic E-state index is 0.0197. The highest BCUT2D eigenvalue weighted by Crippen LogP contribution is 2.32. The van der Waals surface area contributed by atoms with E-state index in [-0.39, 0.29) is 17.9 Å². The Labute approximate surface area is 235 Å². The van der Waals surface area contributed by atoms with Crippen LogP contribution in [0.5, 0.6) is 0 Å². The molecule has 0 saturated carbocycles. The highest BCUT2D eigenvalue weighted by molar-refractivity contribution is 5.79. The summed E-state index contributed by atoms with van der Waals surface area (Å²) in [5.41, 5.74) is 3.13. The van der Waals surface area contributed by atoms with Crippen LogP contribution in [0, 0.1) is 17.2 Å². The van der Waals surface area contributed by atoms with Gasteiger partial charge in [0.2, 0.25) is 5.91 Å². The molecule has 2 atom stereocenters. The summed E-state index contributed by atoms with van der Waals surface area (Å²) in [6, 6.07) is 29.0. The molecular formula is C33H35N5O2. The number of piperidine rings is 1. The van der Waals surface area contributed by atoms with Crippen LogP contribution in [0.15, 0.2) is 97.5 Å². The first-order valence-corrected chi connectivity index (χ1v) is 13.8. The minimum atomic E-state index is -1.17. The van der Waals surface area contributed by atoms with Gasteiger partial charge in [0.15, 0.2) is 0 Å². The molecule has 7 nitrogen and oxygen atoms in total. The molecular weight excluding hydrogens is 498 g/mol. The maximum atomic E-state index is 13.4. The number of carbonyl (C=O) groups is 1. The number of nitrogens with one attached hydrogen (secondary N) is 1. The smallest absolute Gasteiger partial charge is 0.224 e. The van der Waals surface area contributed by atoms with E-state index < -0.39 is 5.60 Å². The molecule has 0 spiro atoms. The number of benzene rings is 3. The van der Waals surface area contributed by atoms with Crippen LogP contribution in [0.2, 0.25) is 0 Å². The van der Waals surface area contributed by atoms with Gasteiger partial charge >= 0.3 is 0 Å². The molecule has 0 bridgehead atoms. The van der Waals surface area contributed by atoms with E-state index >= 15 is 0 Å². The fourth-order valence-corrected chi connectivity index (χ4v) is 5.62. The normalized spacial score (nSPS) is 16.7. The van der Waals surface area contributed by atoms with E-state index in [0.717, 1.165) is 41.8 Å². The van der Waals surface area contributed by atoms with Crippen molar-refractivity contribution in [1.82, 2.24) is 19.8 Å². The van der Waals surface area contributed by atoms with E-state index in [1.807, 2.05) is 96.4 Å². The largest absolute Gasteiger partial charge is 0.379 e. The van der Waals surface area contributed by atoms with Crippen LogP contribution in [0.4, 0.5) is 0 Å². The lowest BCUT2D eigenvalue weighted by molar-refractivity contribution is -0.127. The van der Waals surface area contributed by atoms with Crippen molar-refractivity contribution in [3.05, 3.63) is 125 Å². The number of aromatic nitrogens is 2. The number of imidazole rings is 1. The topological polar surface area (TPSA) is 94.2 Å². The second-order valence-corrected chi connectivity index (χ2v) is 10.7. The van der Waals surface area contributed by atoms with Gasteiger partial charge in [0, 0.05) is 19.6 Å². The Morgan fingerprint density at radius 3 is 2.35 bits per heavy atom. The quantitative estimate of drug-likeness (QED) is 0.327. The SMILES string of the molecule is C[C@H](NC(=O)C1CCCN(CC(O)(c2ccccc2)c2ccccc2)C1)c1cncn1Cc1ccc(C#N)cc1. The summed E-state index contributed by atoms with van der Waals surface area (Å²) in [5, 5.41) is 24.3. The molecule has 5 rings (SSSR count). The van der Waals surface area contributed by atoms with Gasteiger partial charge in [0.25, 0.3) is 0 Å². The van der Waals surface area contributed by atoms with Gasteiger partial charge in [-0.1, -0.05) is 72.8 Å². The van der Waals surface area contributed by atoms with Crippen LogP contribution in [0.3, 0.4) is 0 Å². The predicted octanol–water partition coefficient (Wildman–Crippen LogP) is 4.63. The summed E-state index contributed by atoms with van der Waals surface area (Å²) in [6.45, 7) is 4.42. The van der Waals surface area contributed by atoms with Crippen LogP contribution in [-0.4, -0.2) is 45.1 Å². The summed E-state index contributed by atoms with van der Waals surface area (Å²) >= 11 is 0. The molecule has 1 fully saturated rings. The molecule has 2 N–H and O–H groups in total. The lowest BCUT2D eigenvalue weighted by Crippen LogP contribution is -2.49. The number of rotatable bonds is 9. The van der Waals surface area contributed by atoms with Crippen molar-refractivity contribution in [2.45, 2.75) is 38.0 Å². The van der Waals surface area contributed by atoms with Gasteiger partial charge in [-0.3, -0.25) is 9.69 Å². The summed E-state index contributed by atoms with van der Waals surface area (Å²) in [7, 11) is 0. The molecule has 204 valence electrons. The monoisotopic (exact) mass is 533 g/mol. The van der Waals surface area contributed by atoms with Crippen molar-refractivity contribution in [2.24, 2.45) is 5.92 Å². The van der Waals surface area contributed by atoms with Gasteiger partial charge in [-0.25, -0.2) is 4.98 Å². The number of nitrogens with zero attached hydrogens (tertiary/aromatic N) is 4. The van der Waals surface area contributed by atoms with Crippen LogP contribution in [-0.2, 0) is 16.9 Å². The fourth-order valence-electron chi connectivity index (χ4n) is 5.62. The van der Waals surface area contributed by atoms with E-state index in [2.05, 4.69) is 21.3 Å². The van der Waals surface area contributed by atoms with Gasteiger partial charge in [-0.2, -0.15) is 5.26 Å². The number of likely N-dealkylation sites (tertiary alicyclic amines) is 1. The number of hydrogen-bond donors (Lipinski definition) is 2. The summed E-state index contributed by atoms with van der Waals surface area (Å²) in [4.78, 5) is 20.0. The van der Waals surface area contributed by atoms with E-state index in [9.17, 15) is 9.90 Å². The molecule has 1 aromatic heterocycles. The zero-order valence-electron chi connectivity index (χ0n) is 22.8. The van der Waals surface area contributed by atoms with Gasteiger partial charge in [0.1, 0.15) is 5.60 Å². The molecule has 4 aromatic rings. The molecule has 3 aromatic carbocycles. The second kappa shape index (κ2) is 12.3. The third-order valence-corrected chi connectivity index (χ3v) is 7.81. The van der Waals surface area contributed by atoms with E-state index in [1.54, 1.807) is 12.5 Å². The van der Waals surface area contributed by atoms with Crippen LogP contribution in [0.1, 0.15) is 53.8 Å². The molecule has 1 saturated heterocycles. The number of carbonyl (C=O) groups excluding carboxylic acids is 1. The maximum Gasteiger partial charge on any atom is 0.224 e. The molecule has 0 radical (unpaired) electrons. The third-order valence-electron chi connectivity index (χ3n) is 7.81. The van der Waals surface area contributed by atoms with Crippen molar-refractivity contribution in [3.8, 4) is 6.07 Å². The van der Waals surface area contributed by atoms with Gasteiger partial charge < -0.3 is 15.0 Å². The van der Waals surface area contributed by atoms with Crippen molar-refractivity contribution in [1.29, 1.82) is 5.26 Å². The Kier molecular flexibility index (Phi) is 8.40. The minimum Gasteiger partial charge on any atom is -0.379 e. The first kappa shape index (κ1) is 27.3. The Hall–Kier alpha value is -4.25. The molecule has 40 heavy (non-hydrogen) atoms. The molecule has 0 aliphatic carbocycles. The van der Waals surface area contributed by atoms with Gasteiger partial charge in [-0.15, -0.1) is 0 Å². The lowest BCUT2D eigenvalue weighted by atomic mass is 9.84. The summed E-state index contributed by atoms with van der Waals surface area (Å²) in [6.07, 6.45) is 5.27. The first-order valence-electron chi connectivity index (χ1n) is 13.8. The number of aliphatic hydroxyl groups is 1. The zero-order chi connectivity index (χ0) is 28.0. The predicted molar refractivity (Wildman–Crippen MR) is 154 cm³/mol. The number of β-amino-alcohol motifs (C(OH)–C–C–N with tert-alkyl or cyclic N) is 1. The average Bonchev–Trinajstić information content (AvgIpc) is 3.47. The molecule has 2 heterocycles. The number of amides is 1. The third kappa shape index (κ3) is 6.15. The van der Waals surface area contributed by atoms with Crippen molar-refractivity contribution in [2.75, 3.05) is 19.6 Å². The lowest BCUT2D eigenvalue weighted by Gasteiger charge is -2.39. The molecule has 1 unspecified atom stereocenters. The average molecular weight is 534 g/mol. The number of nitriles is 1. The van der Waals surface area contributed by atoms with Crippen molar-refractivity contribution >= 4 is 5.91 Å². The second-order valence-electron chi connectivity index (χ2n) is 10.7. The Morgan fingerprint density at radius 2 is 1.73 bits per heavy atom. The Bertz CT molecular complexity index is 1400. The van der Waals surface area contributed by atoms with Crippen LogP contribution < -0.4 is 5.32 Å². The van der Waals surface area contributed by atoms with Crippen molar-refractivity contribution < 1.29 is 9.90 Å². The standard InChI is InChI=1S/C33H35N5O2/c1-25(31-20-35-24-38(31)21-27-16-14-26(19-34)15-17-27)36-32(39)28-9-8-18-37(22-28)23-33(40,29-10-4-2-5-11-29)30-12-6-3-7-13-30/h2-7,10-17,20,24-25,28,40H,8-9,18,21-23H2,1H3,(H,36,39)/t25-,28?/m0/s1. The fraction of sp³-hybridized carbons (Fsp3) is 0.303. The van der Waals surface area contributed by atoms with Gasteiger partial charge in [0.05, 0.1) is 41.8 Å². The van der Waals surface area contributed by atoms with Crippen molar-refractivity contribution in [3.63, 3.8) is 0 Å². The summed E-state index contributed by atoms with van der Waals surface area (Å²) < 4.78 is 2.03. The maximum absolute atomic E-state index is 13.4. The molecule has 7 heteroatoms. The first-order chi connectivity index (χ1) is 19.5. The van der Waals surface area contributed by atoms with E-state index in [0.29, 0.717) is 25.2 Å². The highest BCUT2D eigenvalue weighted by atomic mass is 16.3. The summed E-state index contributed by atoms with van der Waals surface area (Å²) in [5.74, 6) is -0.145. The van der Waals surface area contributed by atoms with E-state index in [4.69, 9.17) is 5.26 Å².